The van der Waals surface area contributed by atoms with Crippen molar-refractivity contribution in [2.45, 2.75) is 0 Å². The second-order valence-corrected chi connectivity index (χ2v) is 6.73. The number of imide groups is 1. The summed E-state index contributed by atoms with van der Waals surface area (Å²) in [5, 5.41) is 20.3. The van der Waals surface area contributed by atoms with Gasteiger partial charge in [-0.1, -0.05) is 12.1 Å². The summed E-state index contributed by atoms with van der Waals surface area (Å²) in [5.41, 5.74) is -0.473. The van der Waals surface area contributed by atoms with Crippen molar-refractivity contribution < 1.29 is 29.2 Å². The molecule has 0 atom stereocenters. The summed E-state index contributed by atoms with van der Waals surface area (Å²) in [6.45, 7) is 1.21. The number of aromatic hydroxyl groups is 1. The highest BCUT2D eigenvalue weighted by Gasteiger charge is 2.37. The van der Waals surface area contributed by atoms with Gasteiger partial charge in [-0.2, -0.15) is 0 Å². The minimum Gasteiger partial charge on any atom is -0.502 e. The maximum Gasteiger partial charge on any atom is 0.311 e. The number of phenols is 1. The first-order chi connectivity index (χ1) is 12.9. The quantitative estimate of drug-likeness (QED) is 0.459. The van der Waals surface area contributed by atoms with Gasteiger partial charge in [0.25, 0.3) is 11.1 Å². The number of rotatable bonds is 4. The number of ether oxygens (including phenoxy) is 1. The minimum absolute atomic E-state index is 0.0226. The Labute approximate surface area is 157 Å². The lowest BCUT2D eigenvalue weighted by molar-refractivity contribution is -0.385. The van der Waals surface area contributed by atoms with Gasteiger partial charge in [0.1, 0.15) is 6.54 Å². The molecule has 10 nitrogen and oxygen atoms in total. The zero-order valence-electron chi connectivity index (χ0n) is 14.0. The number of hydrogen-bond acceptors (Lipinski definition) is 8. The molecule has 142 valence electrons. The Kier molecular flexibility index (Phi) is 5.42. The molecule has 0 spiro atoms. The molecule has 3 amide bonds. The van der Waals surface area contributed by atoms with Gasteiger partial charge in [-0.15, -0.1) is 0 Å². The third-order valence-electron chi connectivity index (χ3n) is 4.06. The topological polar surface area (TPSA) is 130 Å². The number of nitro benzene ring substituents is 1. The number of morpholine rings is 1. The number of hydrogen-bond donors (Lipinski definition) is 1. The average Bonchev–Trinajstić information content (AvgIpc) is 2.91. The highest BCUT2D eigenvalue weighted by Crippen LogP contribution is 2.36. The van der Waals surface area contributed by atoms with Crippen molar-refractivity contribution in [3.63, 3.8) is 0 Å². The summed E-state index contributed by atoms with van der Waals surface area (Å²) in [5.74, 6) is -1.64. The van der Waals surface area contributed by atoms with Crippen LogP contribution in [0, 0.1) is 10.1 Å². The Morgan fingerprint density at radius 3 is 2.70 bits per heavy atom. The number of nitrogens with zero attached hydrogens (tertiary/aromatic N) is 3. The summed E-state index contributed by atoms with van der Waals surface area (Å²) in [4.78, 5) is 49.3. The molecule has 2 heterocycles. The van der Waals surface area contributed by atoms with Crippen LogP contribution in [0.1, 0.15) is 5.56 Å². The first-order valence-electron chi connectivity index (χ1n) is 7.95. The zero-order chi connectivity index (χ0) is 19.6. The molecule has 1 aromatic rings. The van der Waals surface area contributed by atoms with Gasteiger partial charge in [0.2, 0.25) is 11.7 Å². The molecule has 11 heteroatoms. The monoisotopic (exact) mass is 393 g/mol. The van der Waals surface area contributed by atoms with Crippen molar-refractivity contribution in [1.29, 1.82) is 0 Å². The van der Waals surface area contributed by atoms with E-state index in [0.29, 0.717) is 38.1 Å². The smallest absolute Gasteiger partial charge is 0.311 e. The molecule has 3 rings (SSSR count). The lowest BCUT2D eigenvalue weighted by Crippen LogP contribution is -2.46. The molecule has 2 aliphatic rings. The predicted molar refractivity (Wildman–Crippen MR) is 94.8 cm³/mol. The van der Waals surface area contributed by atoms with Gasteiger partial charge >= 0.3 is 5.69 Å². The second kappa shape index (κ2) is 7.76. The molecule has 2 aliphatic heterocycles. The van der Waals surface area contributed by atoms with Gasteiger partial charge < -0.3 is 14.7 Å². The zero-order valence-corrected chi connectivity index (χ0v) is 14.8. The Morgan fingerprint density at radius 1 is 1.33 bits per heavy atom. The molecule has 0 aliphatic carbocycles. The molecule has 2 fully saturated rings. The maximum absolute atomic E-state index is 12.5. The van der Waals surface area contributed by atoms with E-state index in [-0.39, 0.29) is 22.9 Å². The molecule has 0 saturated carbocycles. The van der Waals surface area contributed by atoms with Crippen molar-refractivity contribution >= 4 is 40.6 Å². The van der Waals surface area contributed by atoms with Gasteiger partial charge in [-0.05, 0) is 17.8 Å². The second-order valence-electron chi connectivity index (χ2n) is 5.73. The number of carbonyl (C=O) groups is 3. The number of nitro groups is 1. The number of benzene rings is 1. The summed E-state index contributed by atoms with van der Waals surface area (Å²) < 4.78 is 5.16. The molecule has 0 unspecified atom stereocenters. The van der Waals surface area contributed by atoms with E-state index < -0.39 is 27.5 Å². The van der Waals surface area contributed by atoms with Crippen LogP contribution in [-0.2, 0) is 14.3 Å². The average molecular weight is 393 g/mol. The van der Waals surface area contributed by atoms with Crippen LogP contribution in [0.5, 0.6) is 5.75 Å². The van der Waals surface area contributed by atoms with Crippen molar-refractivity contribution in [2.24, 2.45) is 0 Å². The number of amides is 3. The van der Waals surface area contributed by atoms with Crippen molar-refractivity contribution in [3.05, 3.63) is 38.8 Å². The fraction of sp³-hybridized carbons (Fsp3) is 0.312. The number of carbonyl (C=O) groups excluding carboxylic acids is 3. The Balaban J connectivity index is 1.78. The summed E-state index contributed by atoms with van der Waals surface area (Å²) in [7, 11) is 0. The minimum atomic E-state index is -0.751. The van der Waals surface area contributed by atoms with E-state index >= 15 is 0 Å². The largest absolute Gasteiger partial charge is 0.502 e. The van der Waals surface area contributed by atoms with E-state index in [1.54, 1.807) is 0 Å². The predicted octanol–water partition coefficient (Wildman–Crippen LogP) is 1.20. The van der Waals surface area contributed by atoms with Gasteiger partial charge in [0.05, 0.1) is 23.0 Å². The number of thioether (sulfide) groups is 1. The summed E-state index contributed by atoms with van der Waals surface area (Å²) >= 11 is 0.610. The molecule has 1 N–H and O–H groups in total. The van der Waals surface area contributed by atoms with Gasteiger partial charge in [0, 0.05) is 24.7 Å². The summed E-state index contributed by atoms with van der Waals surface area (Å²) in [6.07, 6.45) is 1.20. The van der Waals surface area contributed by atoms with Crippen LogP contribution in [-0.4, -0.2) is 69.7 Å². The van der Waals surface area contributed by atoms with Crippen LogP contribution in [0.25, 0.3) is 6.08 Å². The molecule has 0 radical (unpaired) electrons. The summed E-state index contributed by atoms with van der Waals surface area (Å²) in [6, 6.07) is 3.87. The van der Waals surface area contributed by atoms with Crippen LogP contribution in [0.4, 0.5) is 10.5 Å². The van der Waals surface area contributed by atoms with Gasteiger partial charge in [-0.3, -0.25) is 29.4 Å². The molecule has 2 saturated heterocycles. The van der Waals surface area contributed by atoms with Crippen LogP contribution >= 0.6 is 11.8 Å². The molecule has 0 bridgehead atoms. The van der Waals surface area contributed by atoms with Crippen molar-refractivity contribution in [1.82, 2.24) is 9.80 Å². The van der Waals surface area contributed by atoms with Crippen LogP contribution in [0.15, 0.2) is 23.1 Å². The Morgan fingerprint density at radius 2 is 2.04 bits per heavy atom. The normalized spacial score (nSPS) is 19.0. The van der Waals surface area contributed by atoms with Crippen LogP contribution < -0.4 is 0 Å². The first kappa shape index (κ1) is 18.9. The van der Waals surface area contributed by atoms with Crippen LogP contribution in [0.3, 0.4) is 0 Å². The molecule has 1 aromatic carbocycles. The Bertz CT molecular complexity index is 848. The SMILES string of the molecule is O=C(CN1C(=O)S/C(=C\c2cccc([N+](=O)[O-])c2O)C1=O)N1CCOCC1. The standard InChI is InChI=1S/C16H15N3O7S/c20-13(17-4-6-26-7-5-17)9-18-15(22)12(27-16(18)23)8-10-2-1-3-11(14(10)21)19(24)25/h1-3,8,21H,4-7,9H2/b12-8-. The van der Waals surface area contributed by atoms with E-state index in [1.165, 1.54) is 23.1 Å². The molecular formula is C16H15N3O7S. The lowest BCUT2D eigenvalue weighted by Gasteiger charge is -2.28. The van der Waals surface area contributed by atoms with Gasteiger partial charge in [-0.25, -0.2) is 0 Å². The van der Waals surface area contributed by atoms with Crippen molar-refractivity contribution in [3.8, 4) is 5.75 Å². The van der Waals surface area contributed by atoms with Gasteiger partial charge in [0.15, 0.2) is 0 Å². The maximum atomic E-state index is 12.5. The fourth-order valence-electron chi connectivity index (χ4n) is 2.64. The van der Waals surface area contributed by atoms with E-state index in [0.717, 1.165) is 11.0 Å². The number of para-hydroxylation sites is 1. The molecular weight excluding hydrogens is 378 g/mol. The highest BCUT2D eigenvalue weighted by atomic mass is 32.2. The third-order valence-corrected chi connectivity index (χ3v) is 4.97. The first-order valence-corrected chi connectivity index (χ1v) is 8.77. The van der Waals surface area contributed by atoms with E-state index in [2.05, 4.69) is 0 Å². The lowest BCUT2D eigenvalue weighted by atomic mass is 10.1. The molecule has 27 heavy (non-hydrogen) atoms. The number of phenolic OH excluding ortho intramolecular Hbond substituents is 1. The van der Waals surface area contributed by atoms with E-state index in [1.807, 2.05) is 0 Å². The Hall–Kier alpha value is -2.92. The third kappa shape index (κ3) is 3.93. The van der Waals surface area contributed by atoms with Crippen LogP contribution in [0.2, 0.25) is 0 Å². The van der Waals surface area contributed by atoms with E-state index in [9.17, 15) is 29.6 Å². The van der Waals surface area contributed by atoms with Crippen molar-refractivity contribution in [2.75, 3.05) is 32.8 Å². The fourth-order valence-corrected chi connectivity index (χ4v) is 3.47. The highest BCUT2D eigenvalue weighted by molar-refractivity contribution is 8.18. The van der Waals surface area contributed by atoms with E-state index in [4.69, 9.17) is 4.74 Å². The molecule has 0 aromatic heterocycles.